The van der Waals surface area contributed by atoms with Gasteiger partial charge < -0.3 is 15.1 Å². The van der Waals surface area contributed by atoms with E-state index in [1.807, 2.05) is 35.9 Å². The first-order chi connectivity index (χ1) is 12.1. The molecule has 134 valence electrons. The van der Waals surface area contributed by atoms with Gasteiger partial charge in [0, 0.05) is 37.3 Å². The molecule has 1 aromatic heterocycles. The Morgan fingerprint density at radius 3 is 2.48 bits per heavy atom. The van der Waals surface area contributed by atoms with Crippen LogP contribution in [0, 0.1) is 6.92 Å². The van der Waals surface area contributed by atoms with Crippen LogP contribution in [0.1, 0.15) is 28.1 Å². The largest absolute Gasteiger partial charge is 0.339 e. The quantitative estimate of drug-likeness (QED) is 0.835. The van der Waals surface area contributed by atoms with Crippen molar-refractivity contribution in [1.29, 1.82) is 0 Å². The molecule has 2 heterocycles. The zero-order chi connectivity index (χ0) is 17.8. The molecule has 1 fully saturated rings. The summed E-state index contributed by atoms with van der Waals surface area (Å²) in [5.74, 6) is 0.293. The van der Waals surface area contributed by atoms with Crippen LogP contribution in [0.2, 0.25) is 0 Å². The third kappa shape index (κ3) is 3.85. The van der Waals surface area contributed by atoms with E-state index in [2.05, 4.69) is 17.4 Å². The smallest absolute Gasteiger partial charge is 0.264 e. The highest BCUT2D eigenvalue weighted by Gasteiger charge is 2.26. The van der Waals surface area contributed by atoms with Crippen LogP contribution >= 0.6 is 11.3 Å². The van der Waals surface area contributed by atoms with E-state index < -0.39 is 0 Å². The summed E-state index contributed by atoms with van der Waals surface area (Å²) < 4.78 is 1.15. The molecule has 1 aromatic carbocycles. The molecule has 0 saturated carbocycles. The predicted molar refractivity (Wildman–Crippen MR) is 102 cm³/mol. The second kappa shape index (κ2) is 7.97. The lowest BCUT2D eigenvalue weighted by molar-refractivity contribution is -0.132. The number of hydrogen-bond acceptors (Lipinski definition) is 4. The maximum atomic E-state index is 12.9. The predicted octanol–water partition coefficient (Wildman–Crippen LogP) is 2.49. The molecule has 5 nitrogen and oxygen atoms in total. The molecule has 1 aliphatic rings. The zero-order valence-electron chi connectivity index (χ0n) is 14.9. The topological polar surface area (TPSA) is 52.7 Å². The van der Waals surface area contributed by atoms with Crippen LogP contribution < -0.4 is 5.32 Å². The highest BCUT2D eigenvalue weighted by Crippen LogP contribution is 2.31. The number of nitrogens with zero attached hydrogens (tertiary/aromatic N) is 2. The Hall–Kier alpha value is -1.92. The van der Waals surface area contributed by atoms with Gasteiger partial charge in [-0.1, -0.05) is 18.2 Å². The van der Waals surface area contributed by atoms with E-state index in [4.69, 9.17) is 0 Å². The van der Waals surface area contributed by atoms with Gasteiger partial charge in [-0.25, -0.2) is 0 Å². The summed E-state index contributed by atoms with van der Waals surface area (Å²) in [5.41, 5.74) is 1.07. The van der Waals surface area contributed by atoms with Crippen molar-refractivity contribution in [2.24, 2.45) is 0 Å². The lowest BCUT2D eigenvalue weighted by atomic mass is 10.1. The third-order valence-electron chi connectivity index (χ3n) is 4.77. The number of rotatable bonds is 5. The molecule has 3 rings (SSSR count). The summed E-state index contributed by atoms with van der Waals surface area (Å²) in [6, 6.07) is 8.14. The maximum Gasteiger partial charge on any atom is 0.264 e. The minimum Gasteiger partial charge on any atom is -0.339 e. The van der Waals surface area contributed by atoms with E-state index >= 15 is 0 Å². The van der Waals surface area contributed by atoms with E-state index in [1.54, 1.807) is 11.3 Å². The molecule has 0 unspecified atom stereocenters. The van der Waals surface area contributed by atoms with Crippen molar-refractivity contribution >= 4 is 33.2 Å². The molecular formula is C19H25N3O2S. The monoisotopic (exact) mass is 359 g/mol. The molecular weight excluding hydrogens is 334 g/mol. The Morgan fingerprint density at radius 1 is 1.12 bits per heavy atom. The Kier molecular flexibility index (Phi) is 5.71. The number of nitrogens with one attached hydrogen (secondary N) is 1. The van der Waals surface area contributed by atoms with E-state index in [9.17, 15) is 9.59 Å². The summed E-state index contributed by atoms with van der Waals surface area (Å²) in [4.78, 5) is 29.7. The summed E-state index contributed by atoms with van der Waals surface area (Å²) in [7, 11) is 1.89. The van der Waals surface area contributed by atoms with Crippen molar-refractivity contribution in [3.05, 3.63) is 34.7 Å². The maximum absolute atomic E-state index is 12.9. The molecule has 0 radical (unpaired) electrons. The Labute approximate surface area is 152 Å². The van der Waals surface area contributed by atoms with Gasteiger partial charge in [-0.05, 0) is 44.0 Å². The number of carbonyl (C=O) groups excluding carboxylic acids is 2. The van der Waals surface area contributed by atoms with E-state index in [0.29, 0.717) is 32.6 Å². The van der Waals surface area contributed by atoms with Crippen LogP contribution in [0.25, 0.3) is 10.1 Å². The van der Waals surface area contributed by atoms with E-state index in [1.165, 1.54) is 0 Å². The summed E-state index contributed by atoms with van der Waals surface area (Å²) in [6.07, 6.45) is 1.43. The molecule has 1 aliphatic heterocycles. The first kappa shape index (κ1) is 17.9. The van der Waals surface area contributed by atoms with Gasteiger partial charge in [0.15, 0.2) is 0 Å². The average molecular weight is 359 g/mol. The van der Waals surface area contributed by atoms with Crippen molar-refractivity contribution in [2.75, 3.05) is 39.8 Å². The standard InChI is InChI=1S/C19H25N3O2S/c1-14-15-6-3-4-7-16(15)25-18(14)19(24)22-12-10-21(11-13-22)17(23)8-5-9-20-2/h3-4,6-7,20H,5,8-13H2,1-2H3. The molecule has 0 atom stereocenters. The summed E-state index contributed by atoms with van der Waals surface area (Å²) in [6.45, 7) is 5.37. The number of thiophene rings is 1. The molecule has 1 saturated heterocycles. The Balaban J connectivity index is 1.61. The van der Waals surface area contributed by atoms with Crippen LogP contribution in [0.3, 0.4) is 0 Å². The van der Waals surface area contributed by atoms with Crippen LogP contribution in [0.5, 0.6) is 0 Å². The number of amides is 2. The summed E-state index contributed by atoms with van der Waals surface area (Å²) >= 11 is 1.57. The normalized spacial score (nSPS) is 15.0. The van der Waals surface area contributed by atoms with E-state index in [-0.39, 0.29) is 11.8 Å². The fourth-order valence-electron chi connectivity index (χ4n) is 3.26. The van der Waals surface area contributed by atoms with Gasteiger partial charge in [0.25, 0.3) is 5.91 Å². The molecule has 6 heteroatoms. The first-order valence-electron chi connectivity index (χ1n) is 8.81. The van der Waals surface area contributed by atoms with Crippen molar-refractivity contribution in [2.45, 2.75) is 19.8 Å². The highest BCUT2D eigenvalue weighted by atomic mass is 32.1. The van der Waals surface area contributed by atoms with Crippen LogP contribution in [-0.2, 0) is 4.79 Å². The number of hydrogen-bond donors (Lipinski definition) is 1. The van der Waals surface area contributed by atoms with Crippen molar-refractivity contribution in [1.82, 2.24) is 15.1 Å². The minimum atomic E-state index is 0.0981. The van der Waals surface area contributed by atoms with Gasteiger partial charge >= 0.3 is 0 Å². The second-order valence-corrected chi connectivity index (χ2v) is 7.48. The van der Waals surface area contributed by atoms with Crippen molar-refractivity contribution in [3.63, 3.8) is 0 Å². The minimum absolute atomic E-state index is 0.0981. The van der Waals surface area contributed by atoms with Gasteiger partial charge in [-0.2, -0.15) is 0 Å². The van der Waals surface area contributed by atoms with Gasteiger partial charge in [0.05, 0.1) is 4.88 Å². The Morgan fingerprint density at radius 2 is 1.80 bits per heavy atom. The molecule has 1 N–H and O–H groups in total. The SMILES string of the molecule is CNCCCC(=O)N1CCN(C(=O)c2sc3ccccc3c2C)CC1. The van der Waals surface area contributed by atoms with Crippen LogP contribution in [0.15, 0.2) is 24.3 Å². The van der Waals surface area contributed by atoms with Crippen molar-refractivity contribution in [3.8, 4) is 0 Å². The molecule has 25 heavy (non-hydrogen) atoms. The second-order valence-electron chi connectivity index (χ2n) is 6.43. The number of fused-ring (bicyclic) bond motifs is 1. The third-order valence-corrected chi connectivity index (χ3v) is 6.04. The molecule has 0 bridgehead atoms. The van der Waals surface area contributed by atoms with Gasteiger partial charge in [-0.3, -0.25) is 9.59 Å². The lowest BCUT2D eigenvalue weighted by Crippen LogP contribution is -2.50. The molecule has 0 aliphatic carbocycles. The van der Waals surface area contributed by atoms with Crippen LogP contribution in [-0.4, -0.2) is 61.4 Å². The Bertz CT molecular complexity index is 763. The number of carbonyl (C=O) groups is 2. The number of piperazine rings is 1. The fraction of sp³-hybridized carbons (Fsp3) is 0.474. The number of aryl methyl sites for hydroxylation is 1. The van der Waals surface area contributed by atoms with Crippen molar-refractivity contribution < 1.29 is 9.59 Å². The summed E-state index contributed by atoms with van der Waals surface area (Å²) in [5, 5.41) is 4.22. The van der Waals surface area contributed by atoms with Crippen LogP contribution in [0.4, 0.5) is 0 Å². The number of benzene rings is 1. The molecule has 2 aromatic rings. The fourth-order valence-corrected chi connectivity index (χ4v) is 4.43. The van der Waals surface area contributed by atoms with E-state index in [0.717, 1.165) is 33.5 Å². The van der Waals surface area contributed by atoms with Gasteiger partial charge in [-0.15, -0.1) is 11.3 Å². The zero-order valence-corrected chi connectivity index (χ0v) is 15.7. The molecule has 2 amide bonds. The van der Waals surface area contributed by atoms with Gasteiger partial charge in [0.2, 0.25) is 5.91 Å². The highest BCUT2D eigenvalue weighted by molar-refractivity contribution is 7.21. The first-order valence-corrected chi connectivity index (χ1v) is 9.63. The van der Waals surface area contributed by atoms with Gasteiger partial charge in [0.1, 0.15) is 0 Å². The average Bonchev–Trinajstić information content (AvgIpc) is 2.98. The molecule has 0 spiro atoms. The lowest BCUT2D eigenvalue weighted by Gasteiger charge is -2.34.